The van der Waals surface area contributed by atoms with Crippen LogP contribution < -0.4 is 19.2 Å². The Morgan fingerprint density at radius 1 is 0.919 bits per heavy atom. The molecule has 190 valence electrons. The second kappa shape index (κ2) is 11.4. The highest BCUT2D eigenvalue weighted by atomic mass is 79.9. The van der Waals surface area contributed by atoms with Gasteiger partial charge in [-0.3, -0.25) is 4.79 Å². The van der Waals surface area contributed by atoms with E-state index in [2.05, 4.69) is 26.0 Å². The van der Waals surface area contributed by atoms with Crippen LogP contribution in [0.25, 0.3) is 10.2 Å². The smallest absolute Gasteiger partial charge is 0.337 e. The number of benzene rings is 3. The molecular weight excluding hydrogens is 562 g/mol. The number of ether oxygens (including phenoxy) is 4. The molecule has 0 N–H and O–H groups in total. The molecular formula is C26H22BrN3O6S. The van der Waals surface area contributed by atoms with Crippen LogP contribution in [0.3, 0.4) is 0 Å². The second-order valence-corrected chi connectivity index (χ2v) is 9.42. The van der Waals surface area contributed by atoms with Gasteiger partial charge in [0.25, 0.3) is 5.91 Å². The van der Waals surface area contributed by atoms with E-state index in [1.54, 1.807) is 24.3 Å². The van der Waals surface area contributed by atoms with E-state index in [9.17, 15) is 9.59 Å². The SMILES string of the molecule is COC(=O)c1ccc(C(=O)N(/N=C/c2cc(OC)c(OC)c(OC)c2)c2nc3ccc(Br)cc3s2)cc1. The van der Waals surface area contributed by atoms with Crippen molar-refractivity contribution in [3.05, 3.63) is 75.8 Å². The number of esters is 1. The molecule has 0 spiro atoms. The molecule has 0 unspecified atom stereocenters. The number of thiazole rings is 1. The maximum Gasteiger partial charge on any atom is 0.337 e. The summed E-state index contributed by atoms with van der Waals surface area (Å²) in [7, 11) is 5.86. The number of fused-ring (bicyclic) bond motifs is 1. The summed E-state index contributed by atoms with van der Waals surface area (Å²) in [4.78, 5) is 30.0. The number of hydrogen-bond donors (Lipinski definition) is 0. The van der Waals surface area contributed by atoms with E-state index in [4.69, 9.17) is 18.9 Å². The minimum atomic E-state index is -0.493. The number of amides is 1. The molecule has 1 amide bonds. The van der Waals surface area contributed by atoms with Crippen LogP contribution in [-0.4, -0.2) is 51.5 Å². The Hall–Kier alpha value is -3.96. The number of halogens is 1. The molecule has 4 aromatic rings. The molecule has 4 rings (SSSR count). The zero-order valence-corrected chi connectivity index (χ0v) is 22.8. The van der Waals surface area contributed by atoms with Crippen LogP contribution >= 0.6 is 27.3 Å². The zero-order chi connectivity index (χ0) is 26.5. The maximum atomic E-state index is 13.6. The van der Waals surface area contributed by atoms with E-state index in [0.717, 1.165) is 14.7 Å². The van der Waals surface area contributed by atoms with E-state index < -0.39 is 11.9 Å². The summed E-state index contributed by atoms with van der Waals surface area (Å²) in [6, 6.07) is 15.2. The van der Waals surface area contributed by atoms with Crippen LogP contribution in [0, 0.1) is 0 Å². The van der Waals surface area contributed by atoms with Crippen LogP contribution in [0.5, 0.6) is 17.2 Å². The molecule has 0 bridgehead atoms. The lowest BCUT2D eigenvalue weighted by atomic mass is 10.1. The zero-order valence-electron chi connectivity index (χ0n) is 20.4. The summed E-state index contributed by atoms with van der Waals surface area (Å²) in [5, 5.41) is 6.08. The number of hydrogen-bond acceptors (Lipinski definition) is 9. The van der Waals surface area contributed by atoms with E-state index in [1.165, 1.54) is 63.1 Å². The van der Waals surface area contributed by atoms with Crippen molar-refractivity contribution in [2.45, 2.75) is 0 Å². The first kappa shape index (κ1) is 26.1. The molecule has 0 aliphatic rings. The number of methoxy groups -OCH3 is 4. The number of hydrazone groups is 1. The van der Waals surface area contributed by atoms with Gasteiger partial charge in [0.05, 0.1) is 50.4 Å². The highest BCUT2D eigenvalue weighted by Gasteiger charge is 2.22. The highest BCUT2D eigenvalue weighted by molar-refractivity contribution is 9.10. The topological polar surface area (TPSA) is 99.6 Å². The fourth-order valence-electron chi connectivity index (χ4n) is 3.45. The molecule has 9 nitrogen and oxygen atoms in total. The Bertz CT molecular complexity index is 1460. The normalized spacial score (nSPS) is 10.9. The number of carbonyl (C=O) groups excluding carboxylic acids is 2. The third-order valence-corrected chi connectivity index (χ3v) is 6.76. The summed E-state index contributed by atoms with van der Waals surface area (Å²) in [5.74, 6) is 0.414. The number of carbonyl (C=O) groups is 2. The van der Waals surface area contributed by atoms with Crippen LogP contribution in [0.15, 0.2) is 64.2 Å². The van der Waals surface area contributed by atoms with Gasteiger partial charge < -0.3 is 18.9 Å². The lowest BCUT2D eigenvalue weighted by Gasteiger charge is -2.15. The molecule has 1 aromatic heterocycles. The van der Waals surface area contributed by atoms with Gasteiger partial charge in [0.1, 0.15) is 0 Å². The third kappa shape index (κ3) is 5.57. The van der Waals surface area contributed by atoms with Crippen molar-refractivity contribution in [3.63, 3.8) is 0 Å². The number of aromatic nitrogens is 1. The molecule has 0 aliphatic heterocycles. The van der Waals surface area contributed by atoms with Crippen LogP contribution in [-0.2, 0) is 4.74 Å². The van der Waals surface area contributed by atoms with E-state index in [-0.39, 0.29) is 0 Å². The van der Waals surface area contributed by atoms with Crippen molar-refractivity contribution in [1.82, 2.24) is 4.98 Å². The van der Waals surface area contributed by atoms with Crippen LogP contribution in [0.4, 0.5) is 5.13 Å². The Morgan fingerprint density at radius 3 is 2.16 bits per heavy atom. The summed E-state index contributed by atoms with van der Waals surface area (Å²) in [5.41, 5.74) is 1.98. The lowest BCUT2D eigenvalue weighted by molar-refractivity contribution is 0.0600. The molecule has 0 saturated carbocycles. The first-order valence-corrected chi connectivity index (χ1v) is 12.4. The standard InChI is InChI=1S/C26H22BrN3O6S/c1-33-20-11-15(12-21(34-2)23(20)35-3)14-28-30(26-29-19-10-9-18(27)13-22(19)37-26)24(31)16-5-7-17(8-6-16)25(32)36-4/h5-14H,1-4H3/b28-14+. The van der Waals surface area contributed by atoms with Gasteiger partial charge >= 0.3 is 5.97 Å². The molecule has 11 heteroatoms. The monoisotopic (exact) mass is 583 g/mol. The highest BCUT2D eigenvalue weighted by Crippen LogP contribution is 2.38. The first-order valence-electron chi connectivity index (χ1n) is 10.8. The fourth-order valence-corrected chi connectivity index (χ4v) is 4.93. The van der Waals surface area contributed by atoms with Gasteiger partial charge in [-0.05, 0) is 54.6 Å². The second-order valence-electron chi connectivity index (χ2n) is 7.50. The van der Waals surface area contributed by atoms with E-state index in [1.807, 2.05) is 18.2 Å². The van der Waals surface area contributed by atoms with E-state index >= 15 is 0 Å². The summed E-state index contributed by atoms with van der Waals surface area (Å²) >= 11 is 4.78. The minimum Gasteiger partial charge on any atom is -0.493 e. The molecule has 1 heterocycles. The molecule has 0 saturated heterocycles. The van der Waals surface area contributed by atoms with Gasteiger partial charge in [-0.25, -0.2) is 9.78 Å². The number of rotatable bonds is 8. The quantitative estimate of drug-likeness (QED) is 0.152. The lowest BCUT2D eigenvalue weighted by Crippen LogP contribution is -2.25. The van der Waals surface area contributed by atoms with Gasteiger partial charge in [0.2, 0.25) is 10.9 Å². The van der Waals surface area contributed by atoms with Crippen molar-refractivity contribution >= 4 is 60.7 Å². The summed E-state index contributed by atoms with van der Waals surface area (Å²) in [6.45, 7) is 0. The average Bonchev–Trinajstić information content (AvgIpc) is 3.34. The molecule has 0 aliphatic carbocycles. The van der Waals surface area contributed by atoms with Gasteiger partial charge in [0.15, 0.2) is 11.5 Å². The molecule has 37 heavy (non-hydrogen) atoms. The fraction of sp³-hybridized carbons (Fsp3) is 0.154. The summed E-state index contributed by atoms with van der Waals surface area (Å²) in [6.07, 6.45) is 1.51. The first-order chi connectivity index (χ1) is 17.9. The molecule has 0 radical (unpaired) electrons. The van der Waals surface area contributed by atoms with Gasteiger partial charge in [-0.2, -0.15) is 10.1 Å². The van der Waals surface area contributed by atoms with Crippen molar-refractivity contribution in [2.24, 2.45) is 5.10 Å². The van der Waals surface area contributed by atoms with E-state index in [0.29, 0.717) is 39.1 Å². The number of anilines is 1. The van der Waals surface area contributed by atoms with Gasteiger partial charge in [0, 0.05) is 15.6 Å². The largest absolute Gasteiger partial charge is 0.493 e. The van der Waals surface area contributed by atoms with Gasteiger partial charge in [-0.15, -0.1) is 0 Å². The van der Waals surface area contributed by atoms with Gasteiger partial charge in [-0.1, -0.05) is 27.3 Å². The predicted octanol–water partition coefficient (Wildman–Crippen LogP) is 5.55. The van der Waals surface area contributed by atoms with Crippen LogP contribution in [0.1, 0.15) is 26.3 Å². The van der Waals surface area contributed by atoms with Crippen LogP contribution in [0.2, 0.25) is 0 Å². The van der Waals surface area contributed by atoms with Crippen molar-refractivity contribution < 1.29 is 28.5 Å². The molecule has 0 fully saturated rings. The predicted molar refractivity (Wildman–Crippen MR) is 146 cm³/mol. The third-order valence-electron chi connectivity index (χ3n) is 5.28. The Morgan fingerprint density at radius 2 is 1.57 bits per heavy atom. The Balaban J connectivity index is 1.77. The Labute approximate surface area is 225 Å². The van der Waals surface area contributed by atoms with Crippen molar-refractivity contribution in [1.29, 1.82) is 0 Å². The molecule has 0 atom stereocenters. The average molecular weight is 584 g/mol. The summed E-state index contributed by atoms with van der Waals surface area (Å²) < 4.78 is 22.7. The molecule has 3 aromatic carbocycles. The minimum absolute atomic E-state index is 0.315. The maximum absolute atomic E-state index is 13.6. The van der Waals surface area contributed by atoms with Crippen molar-refractivity contribution in [3.8, 4) is 17.2 Å². The Kier molecular flexibility index (Phi) is 8.04. The number of nitrogens with zero attached hydrogens (tertiary/aromatic N) is 3. The van der Waals surface area contributed by atoms with Crippen molar-refractivity contribution in [2.75, 3.05) is 33.4 Å².